The summed E-state index contributed by atoms with van der Waals surface area (Å²) in [7, 11) is 0. The van der Waals surface area contributed by atoms with Gasteiger partial charge in [0.1, 0.15) is 0 Å². The molecule has 0 spiro atoms. The lowest BCUT2D eigenvalue weighted by Crippen LogP contribution is -2.04. The molecule has 0 saturated carbocycles. The van der Waals surface area contributed by atoms with Crippen LogP contribution in [0.3, 0.4) is 0 Å². The molecule has 3 nitrogen and oxygen atoms in total. The Morgan fingerprint density at radius 3 is 2.10 bits per heavy atom. The maximum Gasteiger partial charge on any atom is 0.416 e. The molecule has 0 fully saturated rings. The summed E-state index contributed by atoms with van der Waals surface area (Å²) in [6, 6.07) is 9.86. The van der Waals surface area contributed by atoms with Gasteiger partial charge in [-0.15, -0.1) is 0 Å². The molecule has 2 aromatic carbocycles. The molecule has 0 bridgehead atoms. The number of benzene rings is 2. The third-order valence-corrected chi connectivity index (χ3v) is 3.36. The van der Waals surface area contributed by atoms with Crippen LogP contribution in [-0.4, -0.2) is 8.76 Å². The zero-order chi connectivity index (χ0) is 15.6. The first-order valence-corrected chi connectivity index (χ1v) is 7.04. The quantitative estimate of drug-likeness (QED) is 0.833. The summed E-state index contributed by atoms with van der Waals surface area (Å²) in [4.78, 5) is 0. The molecule has 0 aliphatic rings. The molecule has 0 amide bonds. The van der Waals surface area contributed by atoms with E-state index in [1.165, 1.54) is 12.1 Å². The predicted molar refractivity (Wildman–Crippen MR) is 76.0 cm³/mol. The number of hydrogen-bond acceptors (Lipinski definition) is 1. The van der Waals surface area contributed by atoms with Crippen LogP contribution in [0.25, 0.3) is 11.1 Å². The van der Waals surface area contributed by atoms with E-state index in [2.05, 4.69) is 4.72 Å². The highest BCUT2D eigenvalue weighted by molar-refractivity contribution is 7.80. The minimum absolute atomic E-state index is 0.492. The van der Waals surface area contributed by atoms with Crippen LogP contribution in [0.5, 0.6) is 0 Å². The Labute approximate surface area is 122 Å². The summed E-state index contributed by atoms with van der Waals surface area (Å²) in [6.07, 6.45) is -4.35. The zero-order valence-corrected chi connectivity index (χ0v) is 11.8. The third-order valence-electron chi connectivity index (χ3n) is 2.97. The van der Waals surface area contributed by atoms with E-state index in [1.807, 2.05) is 0 Å². The van der Waals surface area contributed by atoms with Gasteiger partial charge in [-0.3, -0.25) is 9.27 Å². The fourth-order valence-corrected chi connectivity index (χ4v) is 2.32. The molecule has 0 radical (unpaired) electrons. The van der Waals surface area contributed by atoms with Crippen molar-refractivity contribution in [3.63, 3.8) is 0 Å². The zero-order valence-electron chi connectivity index (χ0n) is 10.9. The highest BCUT2D eigenvalue weighted by atomic mass is 32.2. The van der Waals surface area contributed by atoms with Crippen molar-refractivity contribution in [2.24, 2.45) is 0 Å². The van der Waals surface area contributed by atoms with Crippen molar-refractivity contribution in [3.8, 4) is 11.1 Å². The molecule has 0 aliphatic carbocycles. The molecule has 0 heterocycles. The Kier molecular flexibility index (Phi) is 4.34. The van der Waals surface area contributed by atoms with Crippen LogP contribution >= 0.6 is 0 Å². The first-order chi connectivity index (χ1) is 9.77. The minimum atomic E-state index is -4.35. The summed E-state index contributed by atoms with van der Waals surface area (Å²) in [5.74, 6) is 0. The number of alkyl halides is 3. The van der Waals surface area contributed by atoms with Crippen molar-refractivity contribution >= 4 is 17.0 Å². The van der Waals surface area contributed by atoms with Gasteiger partial charge in [0.25, 0.3) is 11.3 Å². The van der Waals surface area contributed by atoms with Crippen LogP contribution in [0.4, 0.5) is 18.9 Å². The van der Waals surface area contributed by atoms with Crippen LogP contribution in [0.15, 0.2) is 42.5 Å². The fraction of sp³-hybridized carbons (Fsp3) is 0.143. The van der Waals surface area contributed by atoms with E-state index in [0.29, 0.717) is 11.3 Å². The van der Waals surface area contributed by atoms with E-state index in [1.54, 1.807) is 25.1 Å². The lowest BCUT2D eigenvalue weighted by molar-refractivity contribution is -0.137. The highest BCUT2D eigenvalue weighted by Gasteiger charge is 2.29. The molecule has 2 aromatic rings. The van der Waals surface area contributed by atoms with E-state index in [-0.39, 0.29) is 0 Å². The Morgan fingerprint density at radius 1 is 1.05 bits per heavy atom. The molecule has 7 heteroatoms. The van der Waals surface area contributed by atoms with E-state index in [0.717, 1.165) is 23.3 Å². The van der Waals surface area contributed by atoms with E-state index >= 15 is 0 Å². The van der Waals surface area contributed by atoms with Crippen molar-refractivity contribution in [2.45, 2.75) is 13.1 Å². The van der Waals surface area contributed by atoms with Gasteiger partial charge in [0.15, 0.2) is 0 Å². The van der Waals surface area contributed by atoms with Crippen molar-refractivity contribution in [3.05, 3.63) is 53.6 Å². The van der Waals surface area contributed by atoms with Crippen LogP contribution < -0.4 is 4.72 Å². The first kappa shape index (κ1) is 15.5. The van der Waals surface area contributed by atoms with Crippen LogP contribution in [0.2, 0.25) is 0 Å². The van der Waals surface area contributed by atoms with Gasteiger partial charge in [0, 0.05) is 0 Å². The number of anilines is 1. The highest BCUT2D eigenvalue weighted by Crippen LogP contribution is 2.31. The van der Waals surface area contributed by atoms with Gasteiger partial charge in [-0.2, -0.15) is 13.2 Å². The average Bonchev–Trinajstić information content (AvgIpc) is 2.40. The normalized spacial score (nSPS) is 13.0. The standard InChI is InChI=1S/C14H12F3NO2S/c1-9-8-11(4-7-13(9)18-21(19)20)10-2-5-12(6-3-10)14(15,16)17/h2-8,18H,1H3,(H,19,20). The van der Waals surface area contributed by atoms with Gasteiger partial charge < -0.3 is 0 Å². The van der Waals surface area contributed by atoms with Gasteiger partial charge in [-0.05, 0) is 47.9 Å². The number of rotatable bonds is 3. The average molecular weight is 315 g/mol. The second-order valence-electron chi connectivity index (χ2n) is 4.46. The molecule has 0 aromatic heterocycles. The second kappa shape index (κ2) is 5.87. The molecule has 0 saturated heterocycles. The van der Waals surface area contributed by atoms with Crippen LogP contribution in [0, 0.1) is 6.92 Å². The van der Waals surface area contributed by atoms with E-state index < -0.39 is 23.0 Å². The second-order valence-corrected chi connectivity index (χ2v) is 5.16. The largest absolute Gasteiger partial charge is 0.416 e. The predicted octanol–water partition coefficient (Wildman–Crippen LogP) is 4.23. The van der Waals surface area contributed by atoms with Crippen molar-refractivity contribution in [1.29, 1.82) is 0 Å². The molecule has 1 unspecified atom stereocenters. The minimum Gasteiger partial charge on any atom is -0.289 e. The molecule has 2 rings (SSSR count). The lowest BCUT2D eigenvalue weighted by Gasteiger charge is -2.10. The number of hydrogen-bond donors (Lipinski definition) is 2. The van der Waals surface area contributed by atoms with Crippen LogP contribution in [-0.2, 0) is 17.4 Å². The summed E-state index contributed by atoms with van der Waals surface area (Å²) in [6.45, 7) is 1.74. The molecular formula is C14H12F3NO2S. The van der Waals surface area contributed by atoms with Crippen molar-refractivity contribution < 1.29 is 21.9 Å². The number of aryl methyl sites for hydroxylation is 1. The fourth-order valence-electron chi connectivity index (χ4n) is 1.90. The van der Waals surface area contributed by atoms with Gasteiger partial charge in [0.05, 0.1) is 11.3 Å². The summed E-state index contributed by atoms with van der Waals surface area (Å²) in [5, 5.41) is 0. The summed E-state index contributed by atoms with van der Waals surface area (Å²) in [5.41, 5.74) is 1.89. The van der Waals surface area contributed by atoms with Crippen molar-refractivity contribution in [2.75, 3.05) is 4.72 Å². The Morgan fingerprint density at radius 2 is 1.62 bits per heavy atom. The first-order valence-electron chi connectivity index (χ1n) is 5.93. The maximum absolute atomic E-state index is 12.5. The maximum atomic E-state index is 12.5. The number of halogens is 3. The van der Waals surface area contributed by atoms with Gasteiger partial charge in [0.2, 0.25) is 0 Å². The number of nitrogens with one attached hydrogen (secondary N) is 1. The molecule has 0 aliphatic heterocycles. The smallest absolute Gasteiger partial charge is 0.289 e. The van der Waals surface area contributed by atoms with E-state index in [4.69, 9.17) is 4.55 Å². The van der Waals surface area contributed by atoms with Gasteiger partial charge in [-0.25, -0.2) is 4.21 Å². The van der Waals surface area contributed by atoms with Crippen LogP contribution in [0.1, 0.15) is 11.1 Å². The van der Waals surface area contributed by atoms with E-state index in [9.17, 15) is 17.4 Å². The Hall–Kier alpha value is -1.86. The molecule has 21 heavy (non-hydrogen) atoms. The topological polar surface area (TPSA) is 49.3 Å². The third kappa shape index (κ3) is 3.83. The monoisotopic (exact) mass is 315 g/mol. The van der Waals surface area contributed by atoms with Gasteiger partial charge in [-0.1, -0.05) is 18.2 Å². The Balaban J connectivity index is 2.30. The molecular weight excluding hydrogens is 303 g/mol. The summed E-state index contributed by atoms with van der Waals surface area (Å²) >= 11 is -2.17. The molecule has 112 valence electrons. The Bertz CT molecular complexity index is 669. The van der Waals surface area contributed by atoms with Crippen molar-refractivity contribution in [1.82, 2.24) is 0 Å². The molecule has 1 atom stereocenters. The molecule has 2 N–H and O–H groups in total. The SMILES string of the molecule is Cc1cc(-c2ccc(C(F)(F)F)cc2)ccc1NS(=O)O. The van der Waals surface area contributed by atoms with Gasteiger partial charge >= 0.3 is 6.18 Å². The summed E-state index contributed by atoms with van der Waals surface area (Å²) < 4.78 is 59.3. The lowest BCUT2D eigenvalue weighted by atomic mass is 10.0.